The number of halogens is 2. The number of anilines is 1. The quantitative estimate of drug-likeness (QED) is 0.393. The van der Waals surface area contributed by atoms with Gasteiger partial charge in [-0.15, -0.1) is 0 Å². The summed E-state index contributed by atoms with van der Waals surface area (Å²) in [6.45, 7) is 0. The fourth-order valence-electron chi connectivity index (χ4n) is 1.79. The summed E-state index contributed by atoms with van der Waals surface area (Å²) >= 11 is 5.75. The van der Waals surface area contributed by atoms with Crippen molar-refractivity contribution in [1.29, 1.82) is 5.26 Å². The van der Waals surface area contributed by atoms with E-state index in [2.05, 4.69) is 5.32 Å². The van der Waals surface area contributed by atoms with Crippen molar-refractivity contribution in [3.8, 4) is 6.07 Å². The van der Waals surface area contributed by atoms with E-state index in [1.807, 2.05) is 0 Å². The molecule has 1 N–H and O–H groups in total. The summed E-state index contributed by atoms with van der Waals surface area (Å²) in [5.41, 5.74) is -0.507. The number of hydrogen-bond donors (Lipinski definition) is 1. The van der Waals surface area contributed by atoms with Crippen LogP contribution in [0.3, 0.4) is 0 Å². The average Bonchev–Trinajstić information content (AvgIpc) is 2.56. The number of non-ortho nitro benzene ring substituents is 1. The number of nitrogens with one attached hydrogen (secondary N) is 1. The van der Waals surface area contributed by atoms with E-state index in [1.165, 1.54) is 6.08 Å². The van der Waals surface area contributed by atoms with E-state index in [9.17, 15) is 19.3 Å². The van der Waals surface area contributed by atoms with Gasteiger partial charge in [0.15, 0.2) is 0 Å². The highest BCUT2D eigenvalue weighted by molar-refractivity contribution is 6.30. The fourth-order valence-corrected chi connectivity index (χ4v) is 1.91. The zero-order chi connectivity index (χ0) is 17.7. The molecular weight excluding hydrogens is 337 g/mol. The van der Waals surface area contributed by atoms with Gasteiger partial charge in [0.2, 0.25) is 0 Å². The molecule has 120 valence electrons. The minimum absolute atomic E-state index is 0.289. The van der Waals surface area contributed by atoms with Crippen LogP contribution in [-0.2, 0) is 4.79 Å². The van der Waals surface area contributed by atoms with Crippen LogP contribution < -0.4 is 5.32 Å². The van der Waals surface area contributed by atoms with Gasteiger partial charge >= 0.3 is 0 Å². The number of hydrogen-bond acceptors (Lipinski definition) is 4. The molecule has 0 saturated heterocycles. The summed E-state index contributed by atoms with van der Waals surface area (Å²) in [4.78, 5) is 22.1. The summed E-state index contributed by atoms with van der Waals surface area (Å²) in [5.74, 6) is -1.73. The van der Waals surface area contributed by atoms with Gasteiger partial charge in [-0.2, -0.15) is 5.26 Å². The Kier molecular flexibility index (Phi) is 5.24. The molecule has 0 bridgehead atoms. The Balaban J connectivity index is 2.27. The lowest BCUT2D eigenvalue weighted by Gasteiger charge is -2.05. The first-order valence-electron chi connectivity index (χ1n) is 6.53. The Morgan fingerprint density at radius 2 is 1.96 bits per heavy atom. The summed E-state index contributed by atoms with van der Waals surface area (Å²) in [5, 5.41) is 22.4. The van der Waals surface area contributed by atoms with E-state index in [4.69, 9.17) is 16.9 Å². The number of amides is 1. The third-order valence-electron chi connectivity index (χ3n) is 2.96. The smallest absolute Gasteiger partial charge is 0.271 e. The van der Waals surface area contributed by atoms with Crippen LogP contribution in [0.5, 0.6) is 0 Å². The van der Waals surface area contributed by atoms with Gasteiger partial charge in [-0.25, -0.2) is 4.39 Å². The van der Waals surface area contributed by atoms with Gasteiger partial charge in [-0.3, -0.25) is 14.9 Å². The van der Waals surface area contributed by atoms with Crippen LogP contribution in [-0.4, -0.2) is 10.8 Å². The van der Waals surface area contributed by atoms with Crippen LogP contribution in [0.4, 0.5) is 15.8 Å². The number of nitrogens with zero attached hydrogens (tertiary/aromatic N) is 2. The zero-order valence-corrected chi connectivity index (χ0v) is 12.7. The van der Waals surface area contributed by atoms with E-state index >= 15 is 0 Å². The molecule has 0 aliphatic carbocycles. The first kappa shape index (κ1) is 17.1. The second kappa shape index (κ2) is 7.35. The molecule has 0 saturated carbocycles. The minimum Gasteiger partial charge on any atom is -0.319 e. The van der Waals surface area contributed by atoms with Crippen molar-refractivity contribution in [3.63, 3.8) is 0 Å². The van der Waals surface area contributed by atoms with Crippen LogP contribution in [0.25, 0.3) is 6.08 Å². The number of benzene rings is 2. The normalized spacial score (nSPS) is 10.8. The number of nitro benzene ring substituents is 1. The largest absolute Gasteiger partial charge is 0.319 e. The molecular formula is C16H9ClFN3O3. The molecule has 0 aliphatic rings. The van der Waals surface area contributed by atoms with Crippen LogP contribution in [0.1, 0.15) is 5.56 Å². The topological polar surface area (TPSA) is 96.0 Å². The number of nitro groups is 1. The van der Waals surface area contributed by atoms with Gasteiger partial charge in [0.25, 0.3) is 11.6 Å². The summed E-state index contributed by atoms with van der Waals surface area (Å²) < 4.78 is 13.7. The second-order valence-electron chi connectivity index (χ2n) is 4.60. The lowest BCUT2D eigenvalue weighted by molar-refractivity contribution is -0.384. The highest BCUT2D eigenvalue weighted by atomic mass is 35.5. The molecule has 0 fully saturated rings. The van der Waals surface area contributed by atoms with Crippen molar-refractivity contribution in [2.24, 2.45) is 0 Å². The van der Waals surface area contributed by atoms with Crippen molar-refractivity contribution >= 4 is 35.0 Å². The van der Waals surface area contributed by atoms with Crippen LogP contribution in [0.15, 0.2) is 48.0 Å². The molecule has 0 aromatic heterocycles. The van der Waals surface area contributed by atoms with E-state index in [-0.39, 0.29) is 16.9 Å². The van der Waals surface area contributed by atoms with Gasteiger partial charge in [0.1, 0.15) is 17.5 Å². The molecule has 1 amide bonds. The van der Waals surface area contributed by atoms with Gasteiger partial charge < -0.3 is 5.32 Å². The number of carbonyl (C=O) groups is 1. The molecule has 8 heteroatoms. The molecule has 2 aromatic rings. The molecule has 0 spiro atoms. The first-order valence-corrected chi connectivity index (χ1v) is 6.91. The highest BCUT2D eigenvalue weighted by Gasteiger charge is 2.15. The SMILES string of the molecule is N#C/C(=C/c1ccc(Cl)cc1)C(=O)Nc1cc([N+](=O)[O-])ccc1F. The van der Waals surface area contributed by atoms with Crippen molar-refractivity contribution in [2.75, 3.05) is 5.32 Å². The van der Waals surface area contributed by atoms with E-state index in [0.29, 0.717) is 10.6 Å². The Morgan fingerprint density at radius 3 is 2.54 bits per heavy atom. The maximum atomic E-state index is 13.7. The third-order valence-corrected chi connectivity index (χ3v) is 3.21. The molecule has 0 radical (unpaired) electrons. The maximum Gasteiger partial charge on any atom is 0.271 e. The van der Waals surface area contributed by atoms with E-state index < -0.39 is 16.6 Å². The summed E-state index contributed by atoms with van der Waals surface area (Å²) in [6, 6.07) is 10.8. The molecule has 0 aliphatic heterocycles. The van der Waals surface area contributed by atoms with Crippen LogP contribution in [0.2, 0.25) is 5.02 Å². The number of carbonyl (C=O) groups excluding carboxylic acids is 1. The van der Waals surface area contributed by atoms with Gasteiger partial charge in [0.05, 0.1) is 10.6 Å². The third kappa shape index (κ3) is 4.15. The van der Waals surface area contributed by atoms with Crippen LogP contribution >= 0.6 is 11.6 Å². The molecule has 2 aromatic carbocycles. The highest BCUT2D eigenvalue weighted by Crippen LogP contribution is 2.22. The van der Waals surface area contributed by atoms with Gasteiger partial charge in [0, 0.05) is 17.2 Å². The maximum absolute atomic E-state index is 13.7. The average molecular weight is 346 g/mol. The molecule has 0 heterocycles. The monoisotopic (exact) mass is 345 g/mol. The molecule has 0 unspecified atom stereocenters. The van der Waals surface area contributed by atoms with Crippen molar-refractivity contribution in [2.45, 2.75) is 0 Å². The summed E-state index contributed by atoms with van der Waals surface area (Å²) in [7, 11) is 0. The molecule has 24 heavy (non-hydrogen) atoms. The lowest BCUT2D eigenvalue weighted by Crippen LogP contribution is -2.14. The van der Waals surface area contributed by atoms with Crippen molar-refractivity contribution in [1.82, 2.24) is 0 Å². The van der Waals surface area contributed by atoms with Gasteiger partial charge in [-0.1, -0.05) is 23.7 Å². The van der Waals surface area contributed by atoms with Crippen molar-refractivity contribution in [3.05, 3.63) is 74.6 Å². The number of nitriles is 1. The lowest BCUT2D eigenvalue weighted by atomic mass is 10.1. The molecule has 0 atom stereocenters. The van der Waals surface area contributed by atoms with E-state index in [1.54, 1.807) is 30.3 Å². The van der Waals surface area contributed by atoms with E-state index in [0.717, 1.165) is 18.2 Å². The van der Waals surface area contributed by atoms with Crippen molar-refractivity contribution < 1.29 is 14.1 Å². The predicted octanol–water partition coefficient (Wildman–Crippen LogP) is 3.93. The molecule has 2 rings (SSSR count). The van der Waals surface area contributed by atoms with Gasteiger partial charge in [-0.05, 0) is 29.8 Å². The minimum atomic E-state index is -0.883. The second-order valence-corrected chi connectivity index (χ2v) is 5.03. The van der Waals surface area contributed by atoms with Crippen LogP contribution in [0, 0.1) is 27.3 Å². The summed E-state index contributed by atoms with van der Waals surface area (Å²) in [6.07, 6.45) is 1.29. The Morgan fingerprint density at radius 1 is 1.29 bits per heavy atom. The Labute approximate surface area is 140 Å². The Hall–Kier alpha value is -3.24. The zero-order valence-electron chi connectivity index (χ0n) is 12.0. The Bertz CT molecular complexity index is 873. The fraction of sp³-hybridized carbons (Fsp3) is 0. The number of rotatable bonds is 4. The predicted molar refractivity (Wildman–Crippen MR) is 86.7 cm³/mol. The molecule has 6 nitrogen and oxygen atoms in total. The standard InChI is InChI=1S/C16H9ClFN3O3/c17-12-3-1-10(2-4-12)7-11(9-19)16(22)20-15-8-13(21(23)24)5-6-14(15)18/h1-8H,(H,20,22)/b11-7-. The first-order chi connectivity index (χ1) is 11.4.